The van der Waals surface area contributed by atoms with Crippen LogP contribution in [0.15, 0.2) is 54.6 Å². The Morgan fingerprint density at radius 1 is 1.07 bits per heavy atom. The quantitative estimate of drug-likeness (QED) is 0.727. The summed E-state index contributed by atoms with van der Waals surface area (Å²) in [6, 6.07) is 17.1. The molecular weight excluding hydrogens is 352 g/mol. The molecule has 150 valence electrons. The van der Waals surface area contributed by atoms with Gasteiger partial charge < -0.3 is 14.8 Å². The van der Waals surface area contributed by atoms with E-state index in [9.17, 15) is 4.79 Å². The van der Waals surface area contributed by atoms with Crippen LogP contribution in [0.1, 0.15) is 26.7 Å². The molecule has 0 aromatic heterocycles. The minimum Gasteiger partial charge on any atom is -0.457 e. The molecule has 1 amide bonds. The molecule has 0 aliphatic carbocycles. The minimum absolute atomic E-state index is 0.00147. The molecule has 0 bridgehead atoms. The van der Waals surface area contributed by atoms with Gasteiger partial charge in [0, 0.05) is 31.5 Å². The van der Waals surface area contributed by atoms with E-state index in [4.69, 9.17) is 9.47 Å². The summed E-state index contributed by atoms with van der Waals surface area (Å²) in [4.78, 5) is 14.6. The number of para-hydroxylation sites is 1. The van der Waals surface area contributed by atoms with Crippen LogP contribution in [0.4, 0.5) is 5.69 Å². The second-order valence-electron chi connectivity index (χ2n) is 7.69. The molecule has 3 rings (SSSR count). The molecule has 1 heterocycles. The highest BCUT2D eigenvalue weighted by Gasteiger charge is 2.21. The molecule has 28 heavy (non-hydrogen) atoms. The van der Waals surface area contributed by atoms with Crippen molar-refractivity contribution in [1.82, 2.24) is 4.90 Å². The number of nitrogens with one attached hydrogen (secondary N) is 1. The van der Waals surface area contributed by atoms with Gasteiger partial charge in [-0.25, -0.2) is 0 Å². The summed E-state index contributed by atoms with van der Waals surface area (Å²) < 4.78 is 11.7. The highest BCUT2D eigenvalue weighted by Crippen LogP contribution is 2.24. The lowest BCUT2D eigenvalue weighted by molar-refractivity contribution is -0.118. The van der Waals surface area contributed by atoms with Crippen LogP contribution in [0, 0.1) is 5.92 Å². The van der Waals surface area contributed by atoms with Gasteiger partial charge in [0.1, 0.15) is 11.5 Å². The molecule has 5 nitrogen and oxygen atoms in total. The van der Waals surface area contributed by atoms with Crippen molar-refractivity contribution in [3.05, 3.63) is 54.6 Å². The average molecular weight is 383 g/mol. The summed E-state index contributed by atoms with van der Waals surface area (Å²) in [5.41, 5.74) is 0.744. The van der Waals surface area contributed by atoms with Crippen LogP contribution < -0.4 is 10.1 Å². The molecule has 0 unspecified atom stereocenters. The first kappa shape index (κ1) is 20.4. The van der Waals surface area contributed by atoms with Crippen molar-refractivity contribution in [3.63, 3.8) is 0 Å². The summed E-state index contributed by atoms with van der Waals surface area (Å²) in [7, 11) is 0. The molecule has 0 saturated carbocycles. The number of likely N-dealkylation sites (tertiary alicyclic amines) is 1. The van der Waals surface area contributed by atoms with Crippen molar-refractivity contribution in [1.29, 1.82) is 0 Å². The zero-order valence-electron chi connectivity index (χ0n) is 16.8. The standard InChI is InChI=1S/C23H30N2O3/c1-18(2)17-27-20-11-13-25(14-12-20)16-23(26)24-19-7-6-10-22(15-19)28-21-8-4-3-5-9-21/h3-10,15,18,20H,11-14,16-17H2,1-2H3,(H,24,26). The van der Waals surface area contributed by atoms with Crippen LogP contribution in [0.5, 0.6) is 11.5 Å². The monoisotopic (exact) mass is 382 g/mol. The topological polar surface area (TPSA) is 50.8 Å². The normalized spacial score (nSPS) is 15.5. The highest BCUT2D eigenvalue weighted by atomic mass is 16.5. The number of nitrogens with zero attached hydrogens (tertiary/aromatic N) is 1. The third kappa shape index (κ3) is 6.66. The Labute approximate surface area is 167 Å². The first-order chi connectivity index (χ1) is 13.6. The lowest BCUT2D eigenvalue weighted by Crippen LogP contribution is -2.41. The minimum atomic E-state index is -0.00147. The van der Waals surface area contributed by atoms with Crippen molar-refractivity contribution in [2.24, 2.45) is 5.92 Å². The van der Waals surface area contributed by atoms with Gasteiger partial charge in [0.25, 0.3) is 0 Å². The van der Waals surface area contributed by atoms with Crippen LogP contribution in [0.3, 0.4) is 0 Å². The van der Waals surface area contributed by atoms with Gasteiger partial charge in [-0.05, 0) is 43.0 Å². The zero-order valence-corrected chi connectivity index (χ0v) is 16.8. The first-order valence-corrected chi connectivity index (χ1v) is 10.1. The van der Waals surface area contributed by atoms with Gasteiger partial charge in [0.05, 0.1) is 12.6 Å². The summed E-state index contributed by atoms with van der Waals surface area (Å²) in [5, 5.41) is 2.97. The smallest absolute Gasteiger partial charge is 0.238 e. The van der Waals surface area contributed by atoms with E-state index < -0.39 is 0 Å². The Morgan fingerprint density at radius 2 is 1.79 bits per heavy atom. The second-order valence-corrected chi connectivity index (χ2v) is 7.69. The molecule has 1 fully saturated rings. The fourth-order valence-electron chi connectivity index (χ4n) is 3.23. The number of carbonyl (C=O) groups excluding carboxylic acids is 1. The first-order valence-electron chi connectivity index (χ1n) is 10.1. The average Bonchev–Trinajstić information content (AvgIpc) is 2.68. The number of amides is 1. The predicted molar refractivity (Wildman–Crippen MR) is 112 cm³/mol. The fraction of sp³-hybridized carbons (Fsp3) is 0.435. The number of rotatable bonds is 8. The van der Waals surface area contributed by atoms with E-state index in [2.05, 4.69) is 24.1 Å². The van der Waals surface area contributed by atoms with E-state index in [1.807, 2.05) is 54.6 Å². The van der Waals surface area contributed by atoms with Gasteiger partial charge in [-0.15, -0.1) is 0 Å². The Hall–Kier alpha value is -2.37. The van der Waals surface area contributed by atoms with E-state index in [1.54, 1.807) is 0 Å². The Balaban J connectivity index is 1.44. The Kier molecular flexibility index (Phi) is 7.46. The molecule has 1 aliphatic rings. The van der Waals surface area contributed by atoms with E-state index in [0.717, 1.165) is 44.0 Å². The third-order valence-corrected chi connectivity index (χ3v) is 4.66. The molecular formula is C23H30N2O3. The third-order valence-electron chi connectivity index (χ3n) is 4.66. The van der Waals surface area contributed by atoms with Crippen LogP contribution >= 0.6 is 0 Å². The number of carbonyl (C=O) groups is 1. The van der Waals surface area contributed by atoms with Crippen molar-refractivity contribution in [2.75, 3.05) is 31.6 Å². The number of benzene rings is 2. The number of ether oxygens (including phenoxy) is 2. The van der Waals surface area contributed by atoms with Gasteiger partial charge in [-0.2, -0.15) is 0 Å². The van der Waals surface area contributed by atoms with Crippen molar-refractivity contribution >= 4 is 11.6 Å². The molecule has 5 heteroatoms. The van der Waals surface area contributed by atoms with Gasteiger partial charge in [-0.1, -0.05) is 38.1 Å². The van der Waals surface area contributed by atoms with Gasteiger partial charge in [0.2, 0.25) is 5.91 Å². The Morgan fingerprint density at radius 3 is 2.50 bits per heavy atom. The van der Waals surface area contributed by atoms with Crippen molar-refractivity contribution in [2.45, 2.75) is 32.8 Å². The maximum absolute atomic E-state index is 12.4. The van der Waals surface area contributed by atoms with E-state index in [1.165, 1.54) is 0 Å². The molecule has 2 aromatic rings. The summed E-state index contributed by atoms with van der Waals surface area (Å²) in [6.45, 7) is 7.34. The van der Waals surface area contributed by atoms with E-state index in [-0.39, 0.29) is 5.91 Å². The molecule has 0 atom stereocenters. The highest BCUT2D eigenvalue weighted by molar-refractivity contribution is 5.92. The lowest BCUT2D eigenvalue weighted by Gasteiger charge is -2.31. The zero-order chi connectivity index (χ0) is 19.8. The van der Waals surface area contributed by atoms with Crippen LogP contribution in [0.25, 0.3) is 0 Å². The van der Waals surface area contributed by atoms with Crippen LogP contribution in [-0.4, -0.2) is 43.2 Å². The second kappa shape index (κ2) is 10.2. The number of hydrogen-bond acceptors (Lipinski definition) is 4. The number of piperidine rings is 1. The number of hydrogen-bond donors (Lipinski definition) is 1. The summed E-state index contributed by atoms with van der Waals surface area (Å²) in [5.74, 6) is 2.03. The largest absolute Gasteiger partial charge is 0.457 e. The van der Waals surface area contributed by atoms with E-state index in [0.29, 0.717) is 24.3 Å². The predicted octanol–water partition coefficient (Wildman–Crippen LogP) is 4.55. The molecule has 1 saturated heterocycles. The van der Waals surface area contributed by atoms with Gasteiger partial charge >= 0.3 is 0 Å². The maximum atomic E-state index is 12.4. The SMILES string of the molecule is CC(C)COC1CCN(CC(=O)Nc2cccc(Oc3ccccc3)c2)CC1. The lowest BCUT2D eigenvalue weighted by atomic mass is 10.1. The van der Waals surface area contributed by atoms with Crippen LogP contribution in [-0.2, 0) is 9.53 Å². The molecule has 0 spiro atoms. The number of anilines is 1. The summed E-state index contributed by atoms with van der Waals surface area (Å²) in [6.07, 6.45) is 2.30. The summed E-state index contributed by atoms with van der Waals surface area (Å²) >= 11 is 0. The fourth-order valence-corrected chi connectivity index (χ4v) is 3.23. The van der Waals surface area contributed by atoms with E-state index >= 15 is 0 Å². The molecule has 2 aromatic carbocycles. The molecule has 0 radical (unpaired) electrons. The van der Waals surface area contributed by atoms with Gasteiger partial charge in [0.15, 0.2) is 0 Å². The Bertz CT molecular complexity index is 741. The maximum Gasteiger partial charge on any atom is 0.238 e. The molecule has 1 aliphatic heterocycles. The van der Waals surface area contributed by atoms with Crippen LogP contribution in [0.2, 0.25) is 0 Å². The van der Waals surface area contributed by atoms with Gasteiger partial charge in [-0.3, -0.25) is 9.69 Å². The van der Waals surface area contributed by atoms with Crippen molar-refractivity contribution in [3.8, 4) is 11.5 Å². The van der Waals surface area contributed by atoms with Crippen molar-refractivity contribution < 1.29 is 14.3 Å². The molecule has 1 N–H and O–H groups in total.